The van der Waals surface area contributed by atoms with Crippen LogP contribution in [0.2, 0.25) is 0 Å². The molecule has 1 aromatic rings. The summed E-state index contributed by atoms with van der Waals surface area (Å²) in [6.45, 7) is 2.72. The zero-order valence-corrected chi connectivity index (χ0v) is 17.0. The first kappa shape index (κ1) is 23.1. The van der Waals surface area contributed by atoms with Crippen LogP contribution in [0, 0.1) is 0 Å². The quantitative estimate of drug-likeness (QED) is 0.223. The molecule has 4 heteroatoms. The van der Waals surface area contributed by atoms with Gasteiger partial charge in [-0.25, -0.2) is 4.79 Å². The van der Waals surface area contributed by atoms with E-state index in [1.165, 1.54) is 71.0 Å². The summed E-state index contributed by atoms with van der Waals surface area (Å²) in [4.78, 5) is 11.7. The molecule has 0 aliphatic carbocycles. The number of benzene rings is 1. The maximum Gasteiger partial charge on any atom is 0.330 e. The van der Waals surface area contributed by atoms with Crippen LogP contribution >= 0.6 is 0 Å². The molecule has 0 bridgehead atoms. The van der Waals surface area contributed by atoms with E-state index in [2.05, 4.69) is 6.92 Å². The SMILES string of the molecule is CCCCCCCCCCCCCOC(=O)/C=C/c1ccc(OC)c(O)c1. The molecule has 152 valence electrons. The number of phenolic OH excluding ortho intramolecular Hbond substituents is 1. The Morgan fingerprint density at radius 2 is 1.56 bits per heavy atom. The zero-order valence-electron chi connectivity index (χ0n) is 17.0. The molecule has 0 heterocycles. The van der Waals surface area contributed by atoms with Crippen molar-refractivity contribution >= 4 is 12.0 Å². The van der Waals surface area contributed by atoms with Crippen molar-refractivity contribution in [3.8, 4) is 11.5 Å². The number of carbonyl (C=O) groups excluding carboxylic acids is 1. The molecule has 0 spiro atoms. The largest absolute Gasteiger partial charge is 0.504 e. The Bertz CT molecular complexity index is 551. The van der Waals surface area contributed by atoms with E-state index < -0.39 is 0 Å². The highest BCUT2D eigenvalue weighted by atomic mass is 16.5. The van der Waals surface area contributed by atoms with Crippen molar-refractivity contribution in [2.75, 3.05) is 13.7 Å². The van der Waals surface area contributed by atoms with Gasteiger partial charge in [-0.1, -0.05) is 77.2 Å². The third-order valence-electron chi connectivity index (χ3n) is 4.61. The van der Waals surface area contributed by atoms with Gasteiger partial charge in [0.1, 0.15) is 0 Å². The molecule has 0 amide bonds. The summed E-state index contributed by atoms with van der Waals surface area (Å²) in [5, 5.41) is 9.71. The first-order chi connectivity index (χ1) is 13.2. The Morgan fingerprint density at radius 3 is 2.11 bits per heavy atom. The van der Waals surface area contributed by atoms with E-state index in [1.807, 2.05) is 0 Å². The van der Waals surface area contributed by atoms with Gasteiger partial charge in [-0.3, -0.25) is 0 Å². The predicted octanol–water partition coefficient (Wildman–Crippen LogP) is 6.27. The van der Waals surface area contributed by atoms with Crippen LogP contribution in [0.3, 0.4) is 0 Å². The summed E-state index contributed by atoms with van der Waals surface area (Å²) >= 11 is 0. The van der Waals surface area contributed by atoms with E-state index in [1.54, 1.807) is 24.3 Å². The highest BCUT2D eigenvalue weighted by molar-refractivity contribution is 5.87. The summed E-state index contributed by atoms with van der Waals surface area (Å²) in [6, 6.07) is 4.98. The van der Waals surface area contributed by atoms with Gasteiger partial charge in [0.05, 0.1) is 13.7 Å². The van der Waals surface area contributed by atoms with Crippen molar-refractivity contribution in [1.82, 2.24) is 0 Å². The summed E-state index contributed by atoms with van der Waals surface area (Å²) in [6.07, 6.45) is 17.0. The maximum absolute atomic E-state index is 11.7. The number of hydrogen-bond acceptors (Lipinski definition) is 4. The van der Waals surface area contributed by atoms with E-state index in [4.69, 9.17) is 9.47 Å². The molecular formula is C23H36O4. The van der Waals surface area contributed by atoms with Gasteiger partial charge in [-0.2, -0.15) is 0 Å². The molecule has 27 heavy (non-hydrogen) atoms. The molecule has 0 unspecified atom stereocenters. The van der Waals surface area contributed by atoms with Gasteiger partial charge >= 0.3 is 5.97 Å². The summed E-state index contributed by atoms with van der Waals surface area (Å²) < 4.78 is 10.2. The van der Waals surface area contributed by atoms with E-state index in [9.17, 15) is 9.90 Å². The summed E-state index contributed by atoms with van der Waals surface area (Å²) in [5.41, 5.74) is 0.722. The van der Waals surface area contributed by atoms with Gasteiger partial charge in [-0.05, 0) is 30.2 Å². The third kappa shape index (κ3) is 11.4. The number of phenols is 1. The van der Waals surface area contributed by atoms with Gasteiger partial charge in [-0.15, -0.1) is 0 Å². The smallest absolute Gasteiger partial charge is 0.330 e. The van der Waals surface area contributed by atoms with Crippen LogP contribution in [-0.2, 0) is 9.53 Å². The lowest BCUT2D eigenvalue weighted by molar-refractivity contribution is -0.137. The molecule has 1 N–H and O–H groups in total. The van der Waals surface area contributed by atoms with E-state index >= 15 is 0 Å². The second kappa shape index (κ2) is 15.1. The van der Waals surface area contributed by atoms with Crippen LogP contribution in [-0.4, -0.2) is 24.8 Å². The minimum atomic E-state index is -0.350. The van der Waals surface area contributed by atoms with Gasteiger partial charge in [0.25, 0.3) is 0 Å². The van der Waals surface area contributed by atoms with E-state index in [0.29, 0.717) is 12.4 Å². The molecule has 4 nitrogen and oxygen atoms in total. The Kier molecular flexibility index (Phi) is 12.9. The average Bonchev–Trinajstić information content (AvgIpc) is 2.67. The number of aromatic hydroxyl groups is 1. The molecule has 0 saturated carbocycles. The topological polar surface area (TPSA) is 55.8 Å². The number of ether oxygens (including phenoxy) is 2. The number of unbranched alkanes of at least 4 members (excludes halogenated alkanes) is 10. The van der Waals surface area contributed by atoms with Crippen LogP contribution < -0.4 is 4.74 Å². The lowest BCUT2D eigenvalue weighted by Crippen LogP contribution is -2.02. The van der Waals surface area contributed by atoms with Gasteiger partial charge < -0.3 is 14.6 Å². The minimum absolute atomic E-state index is 0.0500. The highest BCUT2D eigenvalue weighted by Gasteiger charge is 2.02. The van der Waals surface area contributed by atoms with Gasteiger partial charge in [0.15, 0.2) is 11.5 Å². The van der Waals surface area contributed by atoms with Crippen molar-refractivity contribution in [2.24, 2.45) is 0 Å². The van der Waals surface area contributed by atoms with Crippen molar-refractivity contribution in [3.63, 3.8) is 0 Å². The molecule has 0 aliphatic rings. The number of carbonyl (C=O) groups is 1. The number of esters is 1. The Hall–Kier alpha value is -1.97. The minimum Gasteiger partial charge on any atom is -0.504 e. The maximum atomic E-state index is 11.7. The number of rotatable bonds is 15. The second-order valence-corrected chi connectivity index (χ2v) is 6.97. The lowest BCUT2D eigenvalue weighted by atomic mass is 10.1. The monoisotopic (exact) mass is 376 g/mol. The fourth-order valence-corrected chi connectivity index (χ4v) is 2.96. The molecule has 0 radical (unpaired) electrons. The molecule has 1 aromatic carbocycles. The summed E-state index contributed by atoms with van der Waals surface area (Å²) in [5.74, 6) is 0.109. The predicted molar refractivity (Wildman–Crippen MR) is 111 cm³/mol. The van der Waals surface area contributed by atoms with E-state index in [0.717, 1.165) is 18.4 Å². The van der Waals surface area contributed by atoms with Crippen LogP contribution in [0.25, 0.3) is 6.08 Å². The molecular weight excluding hydrogens is 340 g/mol. The average molecular weight is 377 g/mol. The molecule has 0 saturated heterocycles. The van der Waals surface area contributed by atoms with Crippen LogP contribution in [0.1, 0.15) is 83.1 Å². The first-order valence-corrected chi connectivity index (χ1v) is 10.4. The Balaban J connectivity index is 2.02. The molecule has 1 rings (SSSR count). The van der Waals surface area contributed by atoms with E-state index in [-0.39, 0.29) is 11.7 Å². The normalized spacial score (nSPS) is 11.0. The third-order valence-corrected chi connectivity index (χ3v) is 4.61. The van der Waals surface area contributed by atoms with Crippen molar-refractivity contribution < 1.29 is 19.4 Å². The fraction of sp³-hybridized carbons (Fsp3) is 0.609. The van der Waals surface area contributed by atoms with Crippen LogP contribution in [0.5, 0.6) is 11.5 Å². The number of methoxy groups -OCH3 is 1. The van der Waals surface area contributed by atoms with Crippen LogP contribution in [0.15, 0.2) is 24.3 Å². The number of hydrogen-bond donors (Lipinski definition) is 1. The standard InChI is InChI=1S/C23H36O4/c1-3-4-5-6-7-8-9-10-11-12-13-18-27-23(25)17-15-20-14-16-22(26-2)21(24)19-20/h14-17,19,24H,3-13,18H2,1-2H3/b17-15+. The fourth-order valence-electron chi connectivity index (χ4n) is 2.96. The van der Waals surface area contributed by atoms with Crippen molar-refractivity contribution in [2.45, 2.75) is 77.6 Å². The second-order valence-electron chi connectivity index (χ2n) is 6.97. The first-order valence-electron chi connectivity index (χ1n) is 10.4. The molecule has 0 aromatic heterocycles. The van der Waals surface area contributed by atoms with Crippen LogP contribution in [0.4, 0.5) is 0 Å². The lowest BCUT2D eigenvalue weighted by Gasteiger charge is -2.04. The molecule has 0 fully saturated rings. The summed E-state index contributed by atoms with van der Waals surface area (Å²) in [7, 11) is 1.50. The highest BCUT2D eigenvalue weighted by Crippen LogP contribution is 2.26. The molecule has 0 atom stereocenters. The van der Waals surface area contributed by atoms with Gasteiger partial charge in [0, 0.05) is 6.08 Å². The Labute approximate surface area is 164 Å². The molecule has 0 aliphatic heterocycles. The van der Waals surface area contributed by atoms with Crippen molar-refractivity contribution in [1.29, 1.82) is 0 Å². The zero-order chi connectivity index (χ0) is 19.7. The Morgan fingerprint density at radius 1 is 0.963 bits per heavy atom. The van der Waals surface area contributed by atoms with Crippen molar-refractivity contribution in [3.05, 3.63) is 29.8 Å². The van der Waals surface area contributed by atoms with Gasteiger partial charge in [0.2, 0.25) is 0 Å².